The lowest BCUT2D eigenvalue weighted by atomic mass is 9.85. The Morgan fingerprint density at radius 1 is 0.969 bits per heavy atom. The summed E-state index contributed by atoms with van der Waals surface area (Å²) in [5.74, 6) is 0.290. The van der Waals surface area contributed by atoms with E-state index in [0.717, 1.165) is 25.1 Å². The summed E-state index contributed by atoms with van der Waals surface area (Å²) in [6, 6.07) is 22.3. The van der Waals surface area contributed by atoms with Gasteiger partial charge in [-0.25, -0.2) is 4.79 Å². The highest BCUT2D eigenvalue weighted by Crippen LogP contribution is 2.45. The van der Waals surface area contributed by atoms with Gasteiger partial charge in [-0.2, -0.15) is 0 Å². The fourth-order valence-corrected chi connectivity index (χ4v) is 5.85. The molecule has 1 saturated heterocycles. The first kappa shape index (κ1) is 19.4. The number of carbonyl (C=O) groups excluding carboxylic acids is 1. The first-order chi connectivity index (χ1) is 15.6. The van der Waals surface area contributed by atoms with Gasteiger partial charge < -0.3 is 14.7 Å². The highest BCUT2D eigenvalue weighted by Gasteiger charge is 2.43. The van der Waals surface area contributed by atoms with Crippen molar-refractivity contribution in [3.8, 4) is 16.9 Å². The van der Waals surface area contributed by atoms with Crippen molar-refractivity contribution in [3.63, 3.8) is 0 Å². The summed E-state index contributed by atoms with van der Waals surface area (Å²) in [6.45, 7) is 1.88. The minimum Gasteiger partial charge on any atom is -0.508 e. The van der Waals surface area contributed by atoms with Crippen molar-refractivity contribution >= 4 is 6.09 Å². The number of amides is 1. The van der Waals surface area contributed by atoms with Crippen LogP contribution in [-0.2, 0) is 11.2 Å². The van der Waals surface area contributed by atoms with Gasteiger partial charge >= 0.3 is 6.09 Å². The average Bonchev–Trinajstić information content (AvgIpc) is 3.11. The molecule has 1 aliphatic carbocycles. The molecule has 0 spiro atoms. The van der Waals surface area contributed by atoms with Crippen molar-refractivity contribution in [2.45, 2.75) is 24.4 Å². The smallest absolute Gasteiger partial charge is 0.410 e. The minimum absolute atomic E-state index is 0.0509. The van der Waals surface area contributed by atoms with E-state index in [2.05, 4.69) is 48.3 Å². The van der Waals surface area contributed by atoms with Gasteiger partial charge in [0.05, 0.1) is 12.1 Å². The van der Waals surface area contributed by atoms with Crippen LogP contribution >= 0.6 is 0 Å². The van der Waals surface area contributed by atoms with Crippen LogP contribution in [0.5, 0.6) is 5.75 Å². The minimum atomic E-state index is -0.260. The second-order valence-corrected chi connectivity index (χ2v) is 9.19. The number of phenols is 1. The number of benzene rings is 3. The van der Waals surface area contributed by atoms with E-state index in [1.165, 1.54) is 27.8 Å². The average molecular weight is 427 g/mol. The van der Waals surface area contributed by atoms with E-state index in [-0.39, 0.29) is 29.8 Å². The van der Waals surface area contributed by atoms with E-state index in [4.69, 9.17) is 4.74 Å². The van der Waals surface area contributed by atoms with Gasteiger partial charge in [-0.05, 0) is 59.0 Å². The molecule has 3 aromatic carbocycles. The maximum Gasteiger partial charge on any atom is 0.410 e. The van der Waals surface area contributed by atoms with Crippen LogP contribution in [0.15, 0.2) is 66.7 Å². The molecule has 0 saturated carbocycles. The molecule has 0 radical (unpaired) electrons. The number of rotatable bonds is 2. The number of nitrogens with zero attached hydrogens (tertiary/aromatic N) is 2. The summed E-state index contributed by atoms with van der Waals surface area (Å²) in [4.78, 5) is 17.6. The van der Waals surface area contributed by atoms with Crippen molar-refractivity contribution in [1.29, 1.82) is 0 Å². The maximum absolute atomic E-state index is 13.4. The van der Waals surface area contributed by atoms with E-state index < -0.39 is 0 Å². The number of aromatic hydroxyl groups is 1. The summed E-state index contributed by atoms with van der Waals surface area (Å²) in [5.41, 5.74) is 7.13. The van der Waals surface area contributed by atoms with Crippen LogP contribution in [0, 0.1) is 0 Å². The monoisotopic (exact) mass is 426 g/mol. The Labute approximate surface area is 187 Å². The predicted molar refractivity (Wildman–Crippen MR) is 123 cm³/mol. The van der Waals surface area contributed by atoms with E-state index in [1.807, 2.05) is 23.1 Å². The van der Waals surface area contributed by atoms with Crippen LogP contribution in [0.1, 0.15) is 34.2 Å². The summed E-state index contributed by atoms with van der Waals surface area (Å²) in [6.07, 6.45) is 0.518. The summed E-state index contributed by atoms with van der Waals surface area (Å²) >= 11 is 0. The van der Waals surface area contributed by atoms with Crippen LogP contribution in [0.3, 0.4) is 0 Å². The zero-order valence-corrected chi connectivity index (χ0v) is 18.1. The Balaban J connectivity index is 1.27. The molecular formula is C27H26N2O3. The third-order valence-electron chi connectivity index (χ3n) is 7.23. The fraction of sp³-hybridized carbons (Fsp3) is 0.296. The Morgan fingerprint density at radius 3 is 2.38 bits per heavy atom. The molecule has 2 bridgehead atoms. The molecule has 0 unspecified atom stereocenters. The lowest BCUT2D eigenvalue weighted by molar-refractivity contribution is 0.0121. The Hall–Kier alpha value is -3.31. The maximum atomic E-state index is 13.4. The Morgan fingerprint density at radius 2 is 1.66 bits per heavy atom. The van der Waals surface area contributed by atoms with Crippen LogP contribution in [0.25, 0.3) is 11.1 Å². The molecule has 2 atom stereocenters. The first-order valence-corrected chi connectivity index (χ1v) is 11.2. The lowest BCUT2D eigenvalue weighted by Crippen LogP contribution is -2.58. The lowest BCUT2D eigenvalue weighted by Gasteiger charge is -2.49. The molecule has 6 rings (SSSR count). The standard InChI is InChI=1S/C27H26N2O3/c1-28-14-18-12-17-10-11-19(30)13-24(17)26(15-28)29(18)27(31)32-16-25-22-8-4-2-6-20(22)21-7-3-5-9-23(21)25/h2-11,13,18,25-26,30H,12,14-16H2,1H3/t18-,26-/m0/s1. The SMILES string of the molecule is CN1C[C@@H]2Cc3ccc(O)cc3[C@H](C1)N2C(=O)OCC1c2ccccc2-c2ccccc21. The van der Waals surface area contributed by atoms with E-state index in [0.29, 0.717) is 6.61 Å². The van der Waals surface area contributed by atoms with Gasteiger partial charge in [0.1, 0.15) is 12.4 Å². The number of phenolic OH excluding ortho intramolecular Hbond substituents is 1. The van der Waals surface area contributed by atoms with Gasteiger partial charge in [-0.3, -0.25) is 4.90 Å². The second kappa shape index (κ2) is 7.38. The van der Waals surface area contributed by atoms with Crippen LogP contribution in [0.4, 0.5) is 4.79 Å². The Kier molecular flexibility index (Phi) is 4.47. The summed E-state index contributed by atoms with van der Waals surface area (Å²) in [5, 5.41) is 10.1. The summed E-state index contributed by atoms with van der Waals surface area (Å²) < 4.78 is 6.00. The number of piperazine rings is 1. The number of hydrogen-bond donors (Lipinski definition) is 1. The fourth-order valence-electron chi connectivity index (χ4n) is 5.85. The highest BCUT2D eigenvalue weighted by molar-refractivity contribution is 5.79. The molecule has 1 N–H and O–H groups in total. The van der Waals surface area contributed by atoms with Crippen molar-refractivity contribution in [3.05, 3.63) is 89.0 Å². The van der Waals surface area contributed by atoms with Gasteiger partial charge in [0.2, 0.25) is 0 Å². The van der Waals surface area contributed by atoms with Gasteiger partial charge in [0.25, 0.3) is 0 Å². The van der Waals surface area contributed by atoms with E-state index in [9.17, 15) is 9.90 Å². The van der Waals surface area contributed by atoms with Crippen LogP contribution < -0.4 is 0 Å². The van der Waals surface area contributed by atoms with Crippen molar-refractivity contribution < 1.29 is 14.6 Å². The first-order valence-electron chi connectivity index (χ1n) is 11.2. The van der Waals surface area contributed by atoms with Gasteiger partial charge in [-0.15, -0.1) is 0 Å². The van der Waals surface area contributed by atoms with Crippen LogP contribution in [0.2, 0.25) is 0 Å². The third kappa shape index (κ3) is 3.00. The largest absolute Gasteiger partial charge is 0.508 e. The number of fused-ring (bicyclic) bond motifs is 7. The molecule has 3 aliphatic rings. The second-order valence-electron chi connectivity index (χ2n) is 9.19. The zero-order valence-electron chi connectivity index (χ0n) is 18.1. The van der Waals surface area contributed by atoms with Crippen molar-refractivity contribution in [1.82, 2.24) is 9.80 Å². The molecule has 5 nitrogen and oxygen atoms in total. The van der Waals surface area contributed by atoms with Crippen molar-refractivity contribution in [2.75, 3.05) is 26.7 Å². The molecule has 2 heterocycles. The number of carbonyl (C=O) groups is 1. The molecule has 2 aliphatic heterocycles. The van der Waals surface area contributed by atoms with Gasteiger partial charge in [0, 0.05) is 19.0 Å². The molecule has 162 valence electrons. The third-order valence-corrected chi connectivity index (χ3v) is 7.23. The number of ether oxygens (including phenoxy) is 1. The van der Waals surface area contributed by atoms with Gasteiger partial charge in [0.15, 0.2) is 0 Å². The van der Waals surface area contributed by atoms with Gasteiger partial charge in [-0.1, -0.05) is 54.6 Å². The topological polar surface area (TPSA) is 53.0 Å². The summed E-state index contributed by atoms with van der Waals surface area (Å²) in [7, 11) is 2.09. The zero-order chi connectivity index (χ0) is 21.8. The Bertz CT molecular complexity index is 1160. The molecule has 3 aromatic rings. The highest BCUT2D eigenvalue weighted by atomic mass is 16.6. The molecule has 32 heavy (non-hydrogen) atoms. The quantitative estimate of drug-likeness (QED) is 0.653. The van der Waals surface area contributed by atoms with Crippen molar-refractivity contribution in [2.24, 2.45) is 0 Å². The molecule has 5 heteroatoms. The molecular weight excluding hydrogens is 400 g/mol. The normalized spacial score (nSPS) is 21.6. The molecule has 1 fully saturated rings. The molecule has 0 aromatic heterocycles. The molecule has 1 amide bonds. The van der Waals surface area contributed by atoms with E-state index in [1.54, 1.807) is 12.1 Å². The predicted octanol–water partition coefficient (Wildman–Crippen LogP) is 4.55. The number of likely N-dealkylation sites (N-methyl/N-ethyl adjacent to an activating group) is 1. The van der Waals surface area contributed by atoms with Crippen LogP contribution in [-0.4, -0.2) is 53.8 Å². The van der Waals surface area contributed by atoms with E-state index >= 15 is 0 Å². The number of hydrogen-bond acceptors (Lipinski definition) is 4.